The largest absolute Gasteiger partial charge is 0.309 e. The Morgan fingerprint density at radius 2 is 1.68 bits per heavy atom. The Hall–Kier alpha value is -2.04. The van der Waals surface area contributed by atoms with Gasteiger partial charge in [0.25, 0.3) is 5.91 Å². The van der Waals surface area contributed by atoms with Crippen molar-refractivity contribution in [1.29, 1.82) is 0 Å². The number of sulfonamides is 1. The average molecular weight is 579 g/mol. The van der Waals surface area contributed by atoms with Gasteiger partial charge in [-0.15, -0.1) is 12.4 Å². The van der Waals surface area contributed by atoms with Crippen LogP contribution in [0.4, 0.5) is 5.13 Å². The number of halogens is 1. The molecule has 1 aromatic heterocycles. The molecule has 2 heterocycles. The summed E-state index contributed by atoms with van der Waals surface area (Å²) in [5.41, 5.74) is 3.64. The molecule has 1 saturated heterocycles. The number of carbonyl (C=O) groups excluding carboxylic acids is 1. The molecule has 1 aliphatic rings. The molecule has 2 aromatic carbocycles. The van der Waals surface area contributed by atoms with Crippen molar-refractivity contribution in [2.24, 2.45) is 11.8 Å². The number of benzene rings is 2. The summed E-state index contributed by atoms with van der Waals surface area (Å²) in [4.78, 5) is 22.6. The molecular formula is C28H39ClN4O3S2. The molecule has 0 spiro atoms. The van der Waals surface area contributed by atoms with Gasteiger partial charge in [-0.3, -0.25) is 9.69 Å². The van der Waals surface area contributed by atoms with Crippen molar-refractivity contribution in [3.8, 4) is 0 Å². The normalized spacial score (nSPS) is 18.5. The first-order chi connectivity index (χ1) is 17.5. The van der Waals surface area contributed by atoms with E-state index in [1.165, 1.54) is 11.3 Å². The van der Waals surface area contributed by atoms with Gasteiger partial charge < -0.3 is 4.90 Å². The van der Waals surface area contributed by atoms with Gasteiger partial charge in [0.2, 0.25) is 10.0 Å². The Balaban J connectivity index is 0.00000400. The summed E-state index contributed by atoms with van der Waals surface area (Å²) in [6.07, 6.45) is 1.83. The van der Waals surface area contributed by atoms with E-state index in [9.17, 15) is 13.2 Å². The minimum atomic E-state index is -3.60. The zero-order chi connectivity index (χ0) is 26.9. The number of thiazole rings is 1. The molecule has 1 aliphatic heterocycles. The molecule has 208 valence electrons. The van der Waals surface area contributed by atoms with Crippen LogP contribution in [0.15, 0.2) is 41.3 Å². The number of hydrogen-bond acceptors (Lipinski definition) is 6. The van der Waals surface area contributed by atoms with E-state index in [-0.39, 0.29) is 23.2 Å². The SMILES string of the molecule is Cc1cc(C)c2sc(N(CCCN(C)C)C(=O)c3ccc(S(=O)(=O)N4CC(C)CC(C)C4)cc3)nc2c1.Cl. The van der Waals surface area contributed by atoms with Crippen molar-refractivity contribution in [1.82, 2.24) is 14.2 Å². The molecule has 0 aliphatic carbocycles. The molecule has 3 aromatic rings. The minimum Gasteiger partial charge on any atom is -0.309 e. The fraction of sp³-hybridized carbons (Fsp3) is 0.500. The van der Waals surface area contributed by atoms with Crippen LogP contribution in [0.2, 0.25) is 0 Å². The van der Waals surface area contributed by atoms with E-state index in [2.05, 4.69) is 31.7 Å². The first-order valence-corrected chi connectivity index (χ1v) is 15.2. The second kappa shape index (κ2) is 12.4. The van der Waals surface area contributed by atoms with Crippen LogP contribution < -0.4 is 4.90 Å². The van der Waals surface area contributed by atoms with E-state index in [4.69, 9.17) is 4.98 Å². The molecular weight excluding hydrogens is 540 g/mol. The van der Waals surface area contributed by atoms with Gasteiger partial charge in [-0.2, -0.15) is 4.31 Å². The predicted molar refractivity (Wildman–Crippen MR) is 159 cm³/mol. The van der Waals surface area contributed by atoms with Crippen molar-refractivity contribution < 1.29 is 13.2 Å². The highest BCUT2D eigenvalue weighted by atomic mass is 35.5. The summed E-state index contributed by atoms with van der Waals surface area (Å²) < 4.78 is 29.3. The first kappa shape index (κ1) is 30.5. The molecule has 1 amide bonds. The second-order valence-electron chi connectivity index (χ2n) is 10.8. The third-order valence-corrected chi connectivity index (χ3v) is 9.92. The Labute approximate surface area is 237 Å². The highest BCUT2D eigenvalue weighted by Crippen LogP contribution is 2.33. The van der Waals surface area contributed by atoms with E-state index < -0.39 is 10.0 Å². The highest BCUT2D eigenvalue weighted by Gasteiger charge is 2.32. The van der Waals surface area contributed by atoms with E-state index in [1.807, 2.05) is 27.1 Å². The highest BCUT2D eigenvalue weighted by molar-refractivity contribution is 7.89. The van der Waals surface area contributed by atoms with Crippen LogP contribution in [0.25, 0.3) is 10.2 Å². The summed E-state index contributed by atoms with van der Waals surface area (Å²) in [7, 11) is 0.426. The lowest BCUT2D eigenvalue weighted by Crippen LogP contribution is -2.42. The number of piperidine rings is 1. The van der Waals surface area contributed by atoms with Gasteiger partial charge in [0, 0.05) is 25.2 Å². The third kappa shape index (κ3) is 6.74. The lowest BCUT2D eigenvalue weighted by atomic mass is 9.94. The zero-order valence-corrected chi connectivity index (χ0v) is 25.5. The number of amides is 1. The molecule has 38 heavy (non-hydrogen) atoms. The van der Waals surface area contributed by atoms with Crippen LogP contribution >= 0.6 is 23.7 Å². The zero-order valence-electron chi connectivity index (χ0n) is 23.1. The average Bonchev–Trinajstić information content (AvgIpc) is 3.25. The van der Waals surface area contributed by atoms with Gasteiger partial charge in [-0.25, -0.2) is 13.4 Å². The molecule has 2 unspecified atom stereocenters. The quantitative estimate of drug-likeness (QED) is 0.348. The van der Waals surface area contributed by atoms with Crippen LogP contribution in [-0.4, -0.2) is 68.8 Å². The molecule has 7 nitrogen and oxygen atoms in total. The standard InChI is InChI=1S/C28H38N4O3S2.ClH/c1-19-15-22(4)26-25(16-19)29-28(36-26)32(13-7-12-30(5)6)27(33)23-8-10-24(11-9-23)37(34,35)31-17-20(2)14-21(3)18-31;/h8-11,15-16,20-21H,7,12-14,17-18H2,1-6H3;1H. The predicted octanol–water partition coefficient (Wildman–Crippen LogP) is 5.60. The summed E-state index contributed by atoms with van der Waals surface area (Å²) in [6, 6.07) is 10.6. The van der Waals surface area contributed by atoms with Crippen LogP contribution in [-0.2, 0) is 10.0 Å². The van der Waals surface area contributed by atoms with Crippen molar-refractivity contribution in [2.75, 3.05) is 45.2 Å². The van der Waals surface area contributed by atoms with Crippen LogP contribution in [0.3, 0.4) is 0 Å². The van der Waals surface area contributed by atoms with E-state index >= 15 is 0 Å². The number of fused-ring (bicyclic) bond motifs is 1. The molecule has 0 radical (unpaired) electrons. The fourth-order valence-electron chi connectivity index (χ4n) is 5.19. The topological polar surface area (TPSA) is 73.8 Å². The van der Waals surface area contributed by atoms with Crippen LogP contribution in [0.5, 0.6) is 0 Å². The number of rotatable bonds is 8. The van der Waals surface area contributed by atoms with E-state index in [0.717, 1.165) is 40.7 Å². The van der Waals surface area contributed by atoms with Crippen molar-refractivity contribution in [2.45, 2.75) is 45.4 Å². The second-order valence-corrected chi connectivity index (χ2v) is 13.7. The van der Waals surface area contributed by atoms with Crippen molar-refractivity contribution in [3.63, 3.8) is 0 Å². The van der Waals surface area contributed by atoms with Gasteiger partial charge in [0.15, 0.2) is 5.13 Å². The lowest BCUT2D eigenvalue weighted by molar-refractivity contribution is 0.0986. The van der Waals surface area contributed by atoms with Crippen molar-refractivity contribution in [3.05, 3.63) is 53.1 Å². The van der Waals surface area contributed by atoms with E-state index in [1.54, 1.807) is 33.5 Å². The molecule has 10 heteroatoms. The third-order valence-electron chi connectivity index (χ3n) is 6.85. The molecule has 0 N–H and O–H groups in total. The number of anilines is 1. The van der Waals surface area contributed by atoms with Gasteiger partial charge in [-0.1, -0.05) is 31.3 Å². The molecule has 1 fully saturated rings. The molecule has 0 bridgehead atoms. The lowest BCUT2D eigenvalue weighted by Gasteiger charge is -2.34. The Morgan fingerprint density at radius 3 is 2.29 bits per heavy atom. The maximum atomic E-state index is 13.7. The van der Waals surface area contributed by atoms with Crippen LogP contribution in [0, 0.1) is 25.7 Å². The Morgan fingerprint density at radius 1 is 1.05 bits per heavy atom. The summed E-state index contributed by atoms with van der Waals surface area (Å²) >= 11 is 1.53. The summed E-state index contributed by atoms with van der Waals surface area (Å²) in [5.74, 6) is 0.490. The number of aromatic nitrogens is 1. The minimum absolute atomic E-state index is 0. The molecule has 0 saturated carbocycles. The number of carbonyl (C=O) groups is 1. The monoisotopic (exact) mass is 578 g/mol. The van der Waals surface area contributed by atoms with E-state index in [0.29, 0.717) is 42.2 Å². The first-order valence-electron chi connectivity index (χ1n) is 12.9. The number of hydrogen-bond donors (Lipinski definition) is 0. The van der Waals surface area contributed by atoms with Gasteiger partial charge in [0.05, 0.1) is 15.1 Å². The van der Waals surface area contributed by atoms with Crippen molar-refractivity contribution >= 4 is 55.0 Å². The number of nitrogens with zero attached hydrogens (tertiary/aromatic N) is 4. The smallest absolute Gasteiger partial charge is 0.260 e. The Bertz CT molecular complexity index is 1360. The molecule has 4 rings (SSSR count). The maximum absolute atomic E-state index is 13.7. The fourth-order valence-corrected chi connectivity index (χ4v) is 7.91. The Kier molecular flexibility index (Phi) is 9.97. The molecule has 2 atom stereocenters. The van der Waals surface area contributed by atoms with Gasteiger partial charge in [0.1, 0.15) is 0 Å². The van der Waals surface area contributed by atoms with Crippen LogP contribution in [0.1, 0.15) is 48.2 Å². The van der Waals surface area contributed by atoms with Gasteiger partial charge in [-0.05, 0) is 101 Å². The summed E-state index contributed by atoms with van der Waals surface area (Å²) in [6.45, 7) is 10.7. The van der Waals surface area contributed by atoms with Gasteiger partial charge >= 0.3 is 0 Å². The summed E-state index contributed by atoms with van der Waals surface area (Å²) in [5, 5.41) is 0.667. The maximum Gasteiger partial charge on any atom is 0.260 e. The number of aryl methyl sites for hydroxylation is 2.